The van der Waals surface area contributed by atoms with E-state index < -0.39 is 50.3 Å². The van der Waals surface area contributed by atoms with Crippen LogP contribution in [0.25, 0.3) is 0 Å². The molecule has 7 N–H and O–H groups in total. The predicted octanol–water partition coefficient (Wildman–Crippen LogP) is -0.967. The van der Waals surface area contributed by atoms with Gasteiger partial charge in [-0.3, -0.25) is 0 Å². The molecule has 0 fully saturated rings. The average Bonchev–Trinajstić information content (AvgIpc) is 3.03. The van der Waals surface area contributed by atoms with E-state index in [9.17, 15) is 20.4 Å². The van der Waals surface area contributed by atoms with E-state index in [2.05, 4.69) is 6.58 Å². The third-order valence-electron chi connectivity index (χ3n) is 6.33. The summed E-state index contributed by atoms with van der Waals surface area (Å²) in [4.78, 5) is 0. The van der Waals surface area contributed by atoms with E-state index in [-0.39, 0.29) is 71.5 Å². The van der Waals surface area contributed by atoms with Gasteiger partial charge in [-0.25, -0.2) is 0 Å². The van der Waals surface area contributed by atoms with Gasteiger partial charge >= 0.3 is 0 Å². The fourth-order valence-corrected chi connectivity index (χ4v) is 3.80. The van der Waals surface area contributed by atoms with Crippen LogP contribution in [0.1, 0.15) is 39.0 Å². The summed E-state index contributed by atoms with van der Waals surface area (Å²) in [5.74, 6) is -0.0257. The lowest BCUT2D eigenvalue weighted by atomic mass is 10.1. The van der Waals surface area contributed by atoms with E-state index in [4.69, 9.17) is 48.5 Å². The molecule has 0 radical (unpaired) electrons. The zero-order valence-corrected chi connectivity index (χ0v) is 26.5. The van der Waals surface area contributed by atoms with E-state index in [1.165, 1.54) is 0 Å². The highest BCUT2D eigenvalue weighted by Gasteiger charge is 2.20. The van der Waals surface area contributed by atoms with Crippen molar-refractivity contribution in [1.29, 1.82) is 0 Å². The molecule has 14 nitrogen and oxygen atoms in total. The summed E-state index contributed by atoms with van der Waals surface area (Å²) in [6.07, 6.45) is 1.09. The van der Waals surface area contributed by atoms with Gasteiger partial charge in [0.25, 0.3) is 0 Å². The van der Waals surface area contributed by atoms with Crippen molar-refractivity contribution in [2.75, 3.05) is 99.1 Å². The lowest BCUT2D eigenvalue weighted by molar-refractivity contribution is -0.124. The van der Waals surface area contributed by atoms with Crippen LogP contribution in [0.2, 0.25) is 0 Å². The van der Waals surface area contributed by atoms with Crippen LogP contribution < -0.4 is 0 Å². The zero-order chi connectivity index (χ0) is 32.8. The summed E-state index contributed by atoms with van der Waals surface area (Å²) < 4.78 is 40.2. The zero-order valence-electron chi connectivity index (χ0n) is 26.5. The normalized spacial score (nSPS) is 16.7. The first-order chi connectivity index (χ1) is 21.3. The third-order valence-corrected chi connectivity index (χ3v) is 6.33. The van der Waals surface area contributed by atoms with Crippen molar-refractivity contribution in [3.05, 3.63) is 12.7 Å². The standard InChI is InChI=1S/C30H60O14/c1-3-7-24(11-31)15-42-30(22-40-17-26(36)13-33)23-44-28(8-5-6-10-38-9-4-2)19-41-21-29(43-18-27(37)14-34)20-39-16-25(35)12-32/h4,24-37H,2-3,5-23H2,1H3. The maximum Gasteiger partial charge on any atom is 0.104 e. The van der Waals surface area contributed by atoms with Crippen LogP contribution in [-0.4, -0.2) is 171 Å². The maximum atomic E-state index is 9.67. The van der Waals surface area contributed by atoms with Gasteiger partial charge in [-0.2, -0.15) is 0 Å². The smallest absolute Gasteiger partial charge is 0.104 e. The molecule has 0 aromatic carbocycles. The Morgan fingerprint density at radius 2 is 1.05 bits per heavy atom. The number of unbranched alkanes of at least 4 members (excludes halogenated alkanes) is 1. The second-order valence-corrected chi connectivity index (χ2v) is 10.7. The summed E-state index contributed by atoms with van der Waals surface area (Å²) in [7, 11) is 0. The van der Waals surface area contributed by atoms with Gasteiger partial charge in [0, 0.05) is 19.1 Å². The minimum atomic E-state index is -1.07. The summed E-state index contributed by atoms with van der Waals surface area (Å²) >= 11 is 0. The van der Waals surface area contributed by atoms with Crippen LogP contribution in [0.15, 0.2) is 12.7 Å². The lowest BCUT2D eigenvalue weighted by Gasteiger charge is -2.26. The number of aliphatic hydroxyl groups is 7. The summed E-state index contributed by atoms with van der Waals surface area (Å²) in [5, 5.41) is 65.6. The van der Waals surface area contributed by atoms with Crippen molar-refractivity contribution in [2.24, 2.45) is 5.92 Å². The average molecular weight is 645 g/mol. The molecule has 14 heteroatoms. The van der Waals surface area contributed by atoms with Crippen molar-refractivity contribution in [3.63, 3.8) is 0 Å². The van der Waals surface area contributed by atoms with Crippen molar-refractivity contribution < 1.29 is 68.9 Å². The molecule has 0 rings (SSSR count). The fourth-order valence-electron chi connectivity index (χ4n) is 3.80. The molecule has 0 bridgehead atoms. The third kappa shape index (κ3) is 25.4. The second kappa shape index (κ2) is 30.8. The van der Waals surface area contributed by atoms with Crippen LogP contribution in [-0.2, 0) is 33.2 Å². The van der Waals surface area contributed by atoms with Gasteiger partial charge < -0.3 is 68.9 Å². The first-order valence-electron chi connectivity index (χ1n) is 15.6. The highest BCUT2D eigenvalue weighted by molar-refractivity contribution is 4.67. The maximum absolute atomic E-state index is 9.67. The quantitative estimate of drug-likeness (QED) is 0.0333. The van der Waals surface area contributed by atoms with Crippen LogP contribution in [0.4, 0.5) is 0 Å². The number of hydrogen-bond donors (Lipinski definition) is 7. The molecule has 0 aromatic rings. The lowest BCUT2D eigenvalue weighted by Crippen LogP contribution is -2.35. The van der Waals surface area contributed by atoms with Crippen molar-refractivity contribution in [3.8, 4) is 0 Å². The van der Waals surface area contributed by atoms with Crippen molar-refractivity contribution in [1.82, 2.24) is 0 Å². The largest absolute Gasteiger partial charge is 0.396 e. The Bertz CT molecular complexity index is 616. The molecular formula is C30H60O14. The molecule has 264 valence electrons. The topological polar surface area (TPSA) is 206 Å². The molecule has 7 unspecified atom stereocenters. The molecule has 0 aromatic heterocycles. The van der Waals surface area contributed by atoms with E-state index >= 15 is 0 Å². The van der Waals surface area contributed by atoms with E-state index in [1.54, 1.807) is 6.08 Å². The molecular weight excluding hydrogens is 584 g/mol. The minimum absolute atomic E-state index is 0.00284. The van der Waals surface area contributed by atoms with E-state index in [0.29, 0.717) is 26.2 Å². The molecule has 0 saturated heterocycles. The first kappa shape index (κ1) is 43.2. The van der Waals surface area contributed by atoms with E-state index in [1.807, 2.05) is 6.92 Å². The molecule has 0 aliphatic heterocycles. The molecule has 0 heterocycles. The Hall–Kier alpha value is -0.820. The van der Waals surface area contributed by atoms with Gasteiger partial charge in [0.1, 0.15) is 30.5 Å². The number of aliphatic hydroxyl groups excluding tert-OH is 7. The molecule has 44 heavy (non-hydrogen) atoms. The summed E-state index contributed by atoms with van der Waals surface area (Å²) in [6, 6.07) is 0. The molecule has 0 saturated carbocycles. The van der Waals surface area contributed by atoms with Gasteiger partial charge in [0.15, 0.2) is 0 Å². The SMILES string of the molecule is C=CCOCCCCC(COCC(COCC(O)CO)OCC(O)CO)OCC(COCC(O)CO)OCC(CO)CCC. The van der Waals surface area contributed by atoms with Crippen molar-refractivity contribution >= 4 is 0 Å². The van der Waals surface area contributed by atoms with Crippen molar-refractivity contribution in [2.45, 2.75) is 75.7 Å². The van der Waals surface area contributed by atoms with Crippen LogP contribution >= 0.6 is 0 Å². The van der Waals surface area contributed by atoms with Gasteiger partial charge in [0.2, 0.25) is 0 Å². The molecule has 0 spiro atoms. The minimum Gasteiger partial charge on any atom is -0.396 e. The summed E-state index contributed by atoms with van der Waals surface area (Å²) in [5.41, 5.74) is 0. The predicted molar refractivity (Wildman–Crippen MR) is 161 cm³/mol. The monoisotopic (exact) mass is 644 g/mol. The Kier molecular flexibility index (Phi) is 30.2. The van der Waals surface area contributed by atoms with Crippen LogP contribution in [0.5, 0.6) is 0 Å². The molecule has 0 aliphatic carbocycles. The Morgan fingerprint density at radius 3 is 1.59 bits per heavy atom. The highest BCUT2D eigenvalue weighted by atomic mass is 16.6. The van der Waals surface area contributed by atoms with Gasteiger partial charge in [0.05, 0.1) is 92.0 Å². The Balaban J connectivity index is 5.21. The second-order valence-electron chi connectivity index (χ2n) is 10.7. The number of hydrogen-bond acceptors (Lipinski definition) is 14. The highest BCUT2D eigenvalue weighted by Crippen LogP contribution is 2.12. The van der Waals surface area contributed by atoms with Gasteiger partial charge in [-0.1, -0.05) is 19.4 Å². The van der Waals surface area contributed by atoms with Gasteiger partial charge in [-0.15, -0.1) is 6.58 Å². The Labute approximate surface area is 262 Å². The van der Waals surface area contributed by atoms with E-state index in [0.717, 1.165) is 25.7 Å². The molecule has 0 amide bonds. The van der Waals surface area contributed by atoms with Gasteiger partial charge in [-0.05, 0) is 25.7 Å². The van der Waals surface area contributed by atoms with Crippen LogP contribution in [0.3, 0.4) is 0 Å². The molecule has 7 atom stereocenters. The van der Waals surface area contributed by atoms with Crippen LogP contribution in [0, 0.1) is 5.92 Å². The Morgan fingerprint density at radius 1 is 0.545 bits per heavy atom. The first-order valence-corrected chi connectivity index (χ1v) is 15.6. The fraction of sp³-hybridized carbons (Fsp3) is 0.933. The number of ether oxygens (including phenoxy) is 7. The molecule has 0 aliphatic rings. The number of rotatable bonds is 34. The summed E-state index contributed by atoms with van der Waals surface area (Å²) in [6.45, 7) is 5.97.